The van der Waals surface area contributed by atoms with Gasteiger partial charge in [0.25, 0.3) is 0 Å². The van der Waals surface area contributed by atoms with E-state index in [2.05, 4.69) is 34.4 Å². The number of nitrogens with zero attached hydrogens (tertiary/aromatic N) is 3. The Hall–Kier alpha value is -0.570. The van der Waals surface area contributed by atoms with Gasteiger partial charge < -0.3 is 20.4 Å². The summed E-state index contributed by atoms with van der Waals surface area (Å²) in [4.78, 5) is 21.3. The fourth-order valence-electron chi connectivity index (χ4n) is 3.87. The van der Waals surface area contributed by atoms with Crippen LogP contribution in [0, 0.1) is 5.41 Å². The molecule has 3 rings (SSSR count). The van der Waals surface area contributed by atoms with Gasteiger partial charge in [0.2, 0.25) is 5.91 Å². The zero-order valence-corrected chi connectivity index (χ0v) is 17.3. The molecule has 3 aliphatic rings. The maximum atomic E-state index is 11.7. The molecule has 0 aromatic carbocycles. The average molecular weight is 449 g/mol. The van der Waals surface area contributed by atoms with Crippen molar-refractivity contribution in [3.63, 3.8) is 0 Å². The number of carbonyl (C=O) groups is 1. The predicted octanol–water partition coefficient (Wildman–Crippen LogP) is 1.27. The van der Waals surface area contributed by atoms with Crippen molar-refractivity contribution in [2.75, 3.05) is 46.3 Å². The van der Waals surface area contributed by atoms with Gasteiger partial charge in [-0.3, -0.25) is 9.79 Å². The van der Waals surface area contributed by atoms with Crippen LogP contribution in [0.5, 0.6) is 0 Å². The predicted molar refractivity (Wildman–Crippen MR) is 108 cm³/mol. The second-order valence-electron chi connectivity index (χ2n) is 7.43. The Balaban J connectivity index is 0.00000208. The van der Waals surface area contributed by atoms with Crippen LogP contribution in [0.4, 0.5) is 0 Å². The monoisotopic (exact) mass is 449 g/mol. The van der Waals surface area contributed by atoms with E-state index in [1.807, 2.05) is 0 Å². The number of guanidine groups is 1. The molecule has 1 unspecified atom stereocenters. The molecule has 0 bridgehead atoms. The summed E-state index contributed by atoms with van der Waals surface area (Å²) in [5, 5.41) is 6.46. The normalized spacial score (nSPS) is 27.4. The molecule has 2 heterocycles. The van der Waals surface area contributed by atoms with E-state index in [0.717, 1.165) is 64.1 Å². The zero-order valence-electron chi connectivity index (χ0n) is 15.0. The standard InChI is InChI=1S/C17H31N5O.HI/c1-3-18-16(19-8-10-21(2)14-5-6-14)22-9-4-7-17(13-22)11-15(23)20-12-17;/h14H,3-13H2,1-2H3,(H,18,19)(H,20,23);1H. The summed E-state index contributed by atoms with van der Waals surface area (Å²) in [5.74, 6) is 1.23. The molecule has 7 heteroatoms. The topological polar surface area (TPSA) is 60.0 Å². The van der Waals surface area contributed by atoms with Crippen molar-refractivity contribution in [2.45, 2.75) is 45.1 Å². The van der Waals surface area contributed by atoms with Crippen molar-refractivity contribution < 1.29 is 4.79 Å². The Labute approximate surface area is 162 Å². The largest absolute Gasteiger partial charge is 0.357 e. The van der Waals surface area contributed by atoms with Crippen LogP contribution in [0.1, 0.15) is 39.0 Å². The van der Waals surface area contributed by atoms with Gasteiger partial charge in [-0.05, 0) is 39.7 Å². The molecular formula is C17H32IN5O. The number of hydrogen-bond acceptors (Lipinski definition) is 3. The SMILES string of the molecule is CCNC(=NCCN(C)C1CC1)N1CCCC2(CNC(=O)C2)C1.I. The van der Waals surface area contributed by atoms with E-state index in [4.69, 9.17) is 4.99 Å². The third kappa shape index (κ3) is 4.97. The molecule has 1 aliphatic carbocycles. The highest BCUT2D eigenvalue weighted by molar-refractivity contribution is 14.0. The van der Waals surface area contributed by atoms with E-state index in [-0.39, 0.29) is 35.3 Å². The lowest BCUT2D eigenvalue weighted by Gasteiger charge is -2.40. The van der Waals surface area contributed by atoms with Gasteiger partial charge in [-0.15, -0.1) is 24.0 Å². The third-order valence-electron chi connectivity index (χ3n) is 5.38. The molecule has 0 aromatic rings. The Kier molecular flexibility index (Phi) is 7.15. The molecule has 24 heavy (non-hydrogen) atoms. The number of halogens is 1. The molecule has 1 atom stereocenters. The third-order valence-corrected chi connectivity index (χ3v) is 5.38. The number of likely N-dealkylation sites (tertiary alicyclic amines) is 1. The Morgan fingerprint density at radius 2 is 2.29 bits per heavy atom. The number of nitrogens with one attached hydrogen (secondary N) is 2. The first-order valence-corrected chi connectivity index (χ1v) is 9.12. The lowest BCUT2D eigenvalue weighted by atomic mass is 9.79. The average Bonchev–Trinajstić information content (AvgIpc) is 3.32. The van der Waals surface area contributed by atoms with E-state index in [1.165, 1.54) is 12.8 Å². The molecule has 3 fully saturated rings. The molecule has 2 saturated heterocycles. The molecule has 0 radical (unpaired) electrons. The van der Waals surface area contributed by atoms with Gasteiger partial charge in [-0.2, -0.15) is 0 Å². The van der Waals surface area contributed by atoms with E-state index < -0.39 is 0 Å². The summed E-state index contributed by atoms with van der Waals surface area (Å²) in [6.07, 6.45) is 5.65. The minimum atomic E-state index is 0. The van der Waals surface area contributed by atoms with Crippen LogP contribution >= 0.6 is 24.0 Å². The van der Waals surface area contributed by atoms with Gasteiger partial charge in [0.05, 0.1) is 6.54 Å². The second kappa shape index (κ2) is 8.69. The fourth-order valence-corrected chi connectivity index (χ4v) is 3.87. The quantitative estimate of drug-likeness (QED) is 0.377. The number of likely N-dealkylation sites (N-methyl/N-ethyl adjacent to an activating group) is 1. The van der Waals surface area contributed by atoms with Crippen molar-refractivity contribution in [1.29, 1.82) is 0 Å². The first kappa shape index (κ1) is 19.8. The summed E-state index contributed by atoms with van der Waals surface area (Å²) in [7, 11) is 2.20. The molecule has 6 nitrogen and oxygen atoms in total. The van der Waals surface area contributed by atoms with E-state index in [1.54, 1.807) is 0 Å². The Morgan fingerprint density at radius 3 is 2.92 bits per heavy atom. The van der Waals surface area contributed by atoms with Crippen LogP contribution < -0.4 is 10.6 Å². The summed E-state index contributed by atoms with van der Waals surface area (Å²) in [6.45, 7) is 7.68. The Morgan fingerprint density at radius 1 is 1.50 bits per heavy atom. The van der Waals surface area contributed by atoms with Crippen molar-refractivity contribution in [2.24, 2.45) is 10.4 Å². The van der Waals surface area contributed by atoms with Crippen LogP contribution in [0.15, 0.2) is 4.99 Å². The van der Waals surface area contributed by atoms with Gasteiger partial charge in [0.15, 0.2) is 5.96 Å². The molecular weight excluding hydrogens is 417 g/mol. The maximum Gasteiger partial charge on any atom is 0.220 e. The molecule has 1 spiro atoms. The minimum Gasteiger partial charge on any atom is -0.357 e. The highest BCUT2D eigenvalue weighted by Crippen LogP contribution is 2.36. The number of aliphatic imine (C=N–C) groups is 1. The van der Waals surface area contributed by atoms with Crippen LogP contribution in [0.3, 0.4) is 0 Å². The van der Waals surface area contributed by atoms with Gasteiger partial charge in [-0.1, -0.05) is 0 Å². The molecule has 0 aromatic heterocycles. The molecule has 138 valence electrons. The lowest BCUT2D eigenvalue weighted by molar-refractivity contribution is -0.119. The maximum absolute atomic E-state index is 11.7. The van der Waals surface area contributed by atoms with Crippen molar-refractivity contribution in [1.82, 2.24) is 20.4 Å². The summed E-state index contributed by atoms with van der Waals surface area (Å²) < 4.78 is 0. The first-order chi connectivity index (χ1) is 11.1. The summed E-state index contributed by atoms with van der Waals surface area (Å²) in [5.41, 5.74) is 0.121. The van der Waals surface area contributed by atoms with Gasteiger partial charge >= 0.3 is 0 Å². The van der Waals surface area contributed by atoms with Crippen LogP contribution in [-0.4, -0.2) is 74.0 Å². The van der Waals surface area contributed by atoms with Crippen LogP contribution in [-0.2, 0) is 4.79 Å². The van der Waals surface area contributed by atoms with Crippen molar-refractivity contribution >= 4 is 35.8 Å². The number of amides is 1. The summed E-state index contributed by atoms with van der Waals surface area (Å²) >= 11 is 0. The number of carbonyl (C=O) groups excluding carboxylic acids is 1. The van der Waals surface area contributed by atoms with Crippen LogP contribution in [0.2, 0.25) is 0 Å². The number of piperidine rings is 1. The minimum absolute atomic E-state index is 0. The van der Waals surface area contributed by atoms with Gasteiger partial charge in [0.1, 0.15) is 0 Å². The van der Waals surface area contributed by atoms with Crippen molar-refractivity contribution in [3.8, 4) is 0 Å². The van der Waals surface area contributed by atoms with E-state index in [0.29, 0.717) is 6.42 Å². The molecule has 2 N–H and O–H groups in total. The lowest BCUT2D eigenvalue weighted by Crippen LogP contribution is -2.51. The summed E-state index contributed by atoms with van der Waals surface area (Å²) in [6, 6.07) is 0.793. The van der Waals surface area contributed by atoms with Gasteiger partial charge in [-0.25, -0.2) is 0 Å². The zero-order chi connectivity index (χ0) is 16.3. The highest BCUT2D eigenvalue weighted by Gasteiger charge is 2.42. The number of hydrogen-bond donors (Lipinski definition) is 2. The number of rotatable bonds is 5. The smallest absolute Gasteiger partial charge is 0.220 e. The van der Waals surface area contributed by atoms with E-state index in [9.17, 15) is 4.79 Å². The second-order valence-corrected chi connectivity index (χ2v) is 7.43. The first-order valence-electron chi connectivity index (χ1n) is 9.12. The fraction of sp³-hybridized carbons (Fsp3) is 0.882. The van der Waals surface area contributed by atoms with Crippen LogP contribution in [0.25, 0.3) is 0 Å². The van der Waals surface area contributed by atoms with Gasteiger partial charge in [0, 0.05) is 50.6 Å². The molecule has 1 saturated carbocycles. The Bertz CT molecular complexity index is 468. The highest BCUT2D eigenvalue weighted by atomic mass is 127. The van der Waals surface area contributed by atoms with Crippen molar-refractivity contribution in [3.05, 3.63) is 0 Å². The molecule has 1 amide bonds. The van der Waals surface area contributed by atoms with E-state index >= 15 is 0 Å². The molecule has 2 aliphatic heterocycles.